The minimum absolute atomic E-state index is 0.0471. The van der Waals surface area contributed by atoms with Crippen LogP contribution in [0.3, 0.4) is 0 Å². The molecule has 30 heavy (non-hydrogen) atoms. The van der Waals surface area contributed by atoms with Crippen molar-refractivity contribution in [1.82, 2.24) is 0 Å². The summed E-state index contributed by atoms with van der Waals surface area (Å²) in [7, 11) is -0.0458. The maximum absolute atomic E-state index is 12.7. The molecule has 2 aromatic carbocycles. The predicted molar refractivity (Wildman–Crippen MR) is 116 cm³/mol. The zero-order valence-corrected chi connectivity index (χ0v) is 18.4. The minimum Gasteiger partial charge on any atom is -0.482 e. The molecule has 0 spiro atoms. The van der Waals surface area contributed by atoms with Gasteiger partial charge in [-0.2, -0.15) is 0 Å². The van der Waals surface area contributed by atoms with Crippen LogP contribution in [-0.2, 0) is 19.4 Å². The molecule has 2 amide bonds. The van der Waals surface area contributed by atoms with E-state index in [4.69, 9.17) is 16.3 Å². The lowest BCUT2D eigenvalue weighted by molar-refractivity contribution is -0.118. The number of nitrogens with zero attached hydrogens (tertiary/aromatic N) is 1. The third-order valence-corrected chi connectivity index (χ3v) is 6.75. The monoisotopic (exact) mass is 451 g/mol. The van der Waals surface area contributed by atoms with Gasteiger partial charge in [0.15, 0.2) is 16.4 Å². The van der Waals surface area contributed by atoms with E-state index in [9.17, 15) is 18.0 Å². The van der Waals surface area contributed by atoms with Gasteiger partial charge in [-0.15, -0.1) is 0 Å². The van der Waals surface area contributed by atoms with Gasteiger partial charge >= 0.3 is 0 Å². The first-order chi connectivity index (χ1) is 14.1. The second-order valence-electron chi connectivity index (χ2n) is 7.13. The Morgan fingerprint density at radius 1 is 1.27 bits per heavy atom. The number of halogens is 1. The van der Waals surface area contributed by atoms with E-state index in [0.29, 0.717) is 11.4 Å². The molecule has 0 aromatic heterocycles. The van der Waals surface area contributed by atoms with Gasteiger partial charge in [0, 0.05) is 38.0 Å². The van der Waals surface area contributed by atoms with E-state index in [-0.39, 0.29) is 34.6 Å². The summed E-state index contributed by atoms with van der Waals surface area (Å²) in [5, 5.41) is 5.24. The molecule has 0 saturated heterocycles. The number of anilines is 3. The third-order valence-electron chi connectivity index (χ3n) is 4.57. The van der Waals surface area contributed by atoms with Crippen LogP contribution in [0.4, 0.5) is 17.1 Å². The van der Waals surface area contributed by atoms with Crippen molar-refractivity contribution < 1.29 is 22.7 Å². The van der Waals surface area contributed by atoms with E-state index >= 15 is 0 Å². The second-order valence-corrected chi connectivity index (χ2v) is 9.61. The molecule has 2 N–H and O–H groups in total. The highest BCUT2D eigenvalue weighted by Crippen LogP contribution is 2.36. The van der Waals surface area contributed by atoms with Crippen molar-refractivity contribution in [2.24, 2.45) is 0 Å². The van der Waals surface area contributed by atoms with Gasteiger partial charge in [-0.3, -0.25) is 9.59 Å². The molecule has 0 saturated carbocycles. The zero-order valence-electron chi connectivity index (χ0n) is 16.8. The van der Waals surface area contributed by atoms with Gasteiger partial charge in [-0.25, -0.2) is 8.42 Å². The Kier molecular flexibility index (Phi) is 6.23. The molecule has 2 aromatic rings. The quantitative estimate of drug-likeness (QED) is 0.699. The lowest BCUT2D eigenvalue weighted by Gasteiger charge is -2.19. The summed E-state index contributed by atoms with van der Waals surface area (Å²) in [6.45, 7) is 1.76. The van der Waals surface area contributed by atoms with Crippen molar-refractivity contribution in [1.29, 1.82) is 0 Å². The highest BCUT2D eigenvalue weighted by molar-refractivity contribution is 7.91. The van der Waals surface area contributed by atoms with Crippen LogP contribution in [0, 0.1) is 6.92 Å². The average Bonchev–Trinajstić information content (AvgIpc) is 2.67. The number of hydrogen-bond donors (Lipinski definition) is 2. The summed E-state index contributed by atoms with van der Waals surface area (Å²) in [6, 6.07) is 8.07. The average molecular weight is 452 g/mol. The molecule has 0 aliphatic carbocycles. The fourth-order valence-corrected chi connectivity index (χ4v) is 4.88. The Morgan fingerprint density at radius 2 is 2.00 bits per heavy atom. The molecule has 10 heteroatoms. The van der Waals surface area contributed by atoms with Crippen LogP contribution in [0.1, 0.15) is 12.0 Å². The van der Waals surface area contributed by atoms with Gasteiger partial charge in [0.25, 0.3) is 5.91 Å². The number of nitrogens with one attached hydrogen (secondary N) is 2. The topological polar surface area (TPSA) is 105 Å². The van der Waals surface area contributed by atoms with Crippen LogP contribution in [0.2, 0.25) is 5.02 Å². The smallest absolute Gasteiger partial charge is 0.262 e. The molecule has 0 radical (unpaired) electrons. The summed E-state index contributed by atoms with van der Waals surface area (Å²) >= 11 is 6.11. The Bertz CT molecular complexity index is 1120. The molecule has 8 nitrogen and oxygen atoms in total. The largest absolute Gasteiger partial charge is 0.482 e. The summed E-state index contributed by atoms with van der Waals surface area (Å²) in [4.78, 5) is 25.5. The summed E-state index contributed by atoms with van der Waals surface area (Å²) in [6.07, 6.45) is -0.238. The van der Waals surface area contributed by atoms with Crippen molar-refractivity contribution in [3.63, 3.8) is 0 Å². The van der Waals surface area contributed by atoms with Crippen molar-refractivity contribution in [3.05, 3.63) is 40.9 Å². The van der Waals surface area contributed by atoms with E-state index in [2.05, 4.69) is 10.6 Å². The van der Waals surface area contributed by atoms with E-state index < -0.39 is 21.5 Å². The summed E-state index contributed by atoms with van der Waals surface area (Å²) in [5.74, 6) is -0.974. The van der Waals surface area contributed by atoms with Gasteiger partial charge < -0.3 is 20.3 Å². The van der Waals surface area contributed by atoms with Crippen molar-refractivity contribution in [2.45, 2.75) is 18.2 Å². The van der Waals surface area contributed by atoms with Crippen LogP contribution >= 0.6 is 11.6 Å². The molecule has 0 unspecified atom stereocenters. The molecule has 0 fully saturated rings. The van der Waals surface area contributed by atoms with Gasteiger partial charge in [0.05, 0.1) is 21.4 Å². The van der Waals surface area contributed by atoms with Crippen LogP contribution in [-0.4, -0.2) is 46.7 Å². The number of sulfone groups is 1. The molecular formula is C20H22ClN3O5S. The Hall–Kier alpha value is -2.78. The van der Waals surface area contributed by atoms with Gasteiger partial charge in [-0.1, -0.05) is 17.7 Å². The zero-order chi connectivity index (χ0) is 22.1. The number of aryl methyl sites for hydroxylation is 1. The molecular weight excluding hydrogens is 430 g/mol. The number of carbonyl (C=O) groups excluding carboxylic acids is 2. The second kappa shape index (κ2) is 8.53. The van der Waals surface area contributed by atoms with Crippen LogP contribution in [0.25, 0.3) is 0 Å². The molecule has 1 heterocycles. The lowest BCUT2D eigenvalue weighted by atomic mass is 10.1. The van der Waals surface area contributed by atoms with Crippen LogP contribution < -0.4 is 20.3 Å². The number of rotatable bonds is 6. The van der Waals surface area contributed by atoms with Gasteiger partial charge in [0.1, 0.15) is 5.75 Å². The summed E-state index contributed by atoms with van der Waals surface area (Å²) in [5.41, 5.74) is 2.90. The fourth-order valence-electron chi connectivity index (χ4n) is 3.05. The molecule has 1 aliphatic heterocycles. The highest BCUT2D eigenvalue weighted by Gasteiger charge is 2.25. The standard InChI is InChI=1S/C20H22ClN3O5S/c1-12-4-5-13(8-16(12)24(2)3)22-19(25)6-7-30(27,28)18-10-17-15(9-14(18)21)23-20(26)11-29-17/h4-5,8-10H,6-7,11H2,1-3H3,(H,22,25)(H,23,26). The Morgan fingerprint density at radius 3 is 2.70 bits per heavy atom. The molecule has 3 rings (SSSR count). The number of benzene rings is 2. The van der Waals surface area contributed by atoms with E-state index in [1.807, 2.05) is 38.1 Å². The first-order valence-corrected chi connectivity index (χ1v) is 11.2. The van der Waals surface area contributed by atoms with Crippen molar-refractivity contribution >= 4 is 50.3 Å². The minimum atomic E-state index is -3.85. The van der Waals surface area contributed by atoms with E-state index in [1.54, 1.807) is 6.07 Å². The summed E-state index contributed by atoms with van der Waals surface area (Å²) < 4.78 is 30.7. The van der Waals surface area contributed by atoms with E-state index in [0.717, 1.165) is 11.3 Å². The number of carbonyl (C=O) groups is 2. The van der Waals surface area contributed by atoms with Crippen molar-refractivity contribution in [3.8, 4) is 5.75 Å². The predicted octanol–water partition coefficient (Wildman–Crippen LogP) is 2.85. The van der Waals surface area contributed by atoms with E-state index in [1.165, 1.54) is 12.1 Å². The maximum Gasteiger partial charge on any atom is 0.262 e. The number of ether oxygens (including phenoxy) is 1. The third kappa shape index (κ3) is 4.85. The number of amides is 2. The molecule has 160 valence electrons. The van der Waals surface area contributed by atoms with Gasteiger partial charge in [-0.05, 0) is 30.7 Å². The SMILES string of the molecule is Cc1ccc(NC(=O)CCS(=O)(=O)c2cc3c(cc2Cl)NC(=O)CO3)cc1N(C)C. The fraction of sp³-hybridized carbons (Fsp3) is 0.300. The van der Waals surface area contributed by atoms with Crippen LogP contribution in [0.15, 0.2) is 35.2 Å². The Balaban J connectivity index is 1.70. The van der Waals surface area contributed by atoms with Gasteiger partial charge in [0.2, 0.25) is 5.91 Å². The van der Waals surface area contributed by atoms with Crippen LogP contribution in [0.5, 0.6) is 5.75 Å². The molecule has 0 atom stereocenters. The first-order valence-electron chi connectivity index (χ1n) is 9.13. The first kappa shape index (κ1) is 21.9. The molecule has 0 bridgehead atoms. The number of hydrogen-bond acceptors (Lipinski definition) is 6. The Labute approximate surface area is 180 Å². The number of fused-ring (bicyclic) bond motifs is 1. The normalized spacial score (nSPS) is 13.1. The highest BCUT2D eigenvalue weighted by atomic mass is 35.5. The maximum atomic E-state index is 12.7. The van der Waals surface area contributed by atoms with Crippen molar-refractivity contribution in [2.75, 3.05) is 42.0 Å². The lowest BCUT2D eigenvalue weighted by Crippen LogP contribution is -2.25. The molecule has 1 aliphatic rings.